The molecule has 2 atom stereocenters. The summed E-state index contributed by atoms with van der Waals surface area (Å²) in [5.41, 5.74) is 5.65. The summed E-state index contributed by atoms with van der Waals surface area (Å²) in [4.78, 5) is 13.5. The molecule has 0 aromatic rings. The summed E-state index contributed by atoms with van der Waals surface area (Å²) in [5, 5.41) is 0. The molecule has 0 bridgehead atoms. The molecule has 1 amide bonds. The number of amides is 1. The van der Waals surface area contributed by atoms with Crippen LogP contribution < -0.4 is 5.73 Å². The highest BCUT2D eigenvalue weighted by Crippen LogP contribution is 2.19. The van der Waals surface area contributed by atoms with Crippen molar-refractivity contribution in [3.05, 3.63) is 0 Å². The lowest BCUT2D eigenvalue weighted by Gasteiger charge is -2.38. The monoisotopic (exact) mass is 216 g/mol. The summed E-state index contributed by atoms with van der Waals surface area (Å²) in [5.74, 6) is 0.0162. The average molecular weight is 216 g/mol. The molecule has 1 heterocycles. The minimum Gasteiger partial charge on any atom is -0.381 e. The maximum Gasteiger partial charge on any atom is 0.248 e. The lowest BCUT2D eigenvalue weighted by atomic mass is 9.99. The second-order valence-electron chi connectivity index (χ2n) is 3.79. The van der Waals surface area contributed by atoms with Gasteiger partial charge in [-0.25, -0.2) is 0 Å². The Bertz CT molecular complexity index is 211. The fourth-order valence-corrected chi connectivity index (χ4v) is 1.99. The topological polar surface area (TPSA) is 64.8 Å². The number of nitrogens with zero attached hydrogens (tertiary/aromatic N) is 1. The van der Waals surface area contributed by atoms with Gasteiger partial charge in [-0.05, 0) is 12.8 Å². The fourth-order valence-electron chi connectivity index (χ4n) is 1.99. The van der Waals surface area contributed by atoms with Crippen LogP contribution in [0.1, 0.15) is 12.8 Å². The largest absolute Gasteiger partial charge is 0.381 e. The SMILES string of the molecule is COCC(=O)N1CCC(OC)CC1CN. The maximum atomic E-state index is 11.7. The summed E-state index contributed by atoms with van der Waals surface area (Å²) in [6.07, 6.45) is 1.93. The predicted molar refractivity (Wildman–Crippen MR) is 56.5 cm³/mol. The van der Waals surface area contributed by atoms with E-state index in [4.69, 9.17) is 15.2 Å². The molecule has 88 valence electrons. The Morgan fingerprint density at radius 3 is 2.80 bits per heavy atom. The molecule has 0 radical (unpaired) electrons. The van der Waals surface area contributed by atoms with Crippen molar-refractivity contribution in [1.82, 2.24) is 4.90 Å². The minimum atomic E-state index is 0.0162. The molecule has 2 N–H and O–H groups in total. The Kier molecular flexibility index (Phi) is 5.01. The Hall–Kier alpha value is -0.650. The van der Waals surface area contributed by atoms with Gasteiger partial charge in [0.15, 0.2) is 0 Å². The number of carbonyl (C=O) groups is 1. The zero-order chi connectivity index (χ0) is 11.3. The van der Waals surface area contributed by atoms with Crippen molar-refractivity contribution in [2.75, 3.05) is 33.9 Å². The van der Waals surface area contributed by atoms with Gasteiger partial charge in [-0.15, -0.1) is 0 Å². The second kappa shape index (κ2) is 6.05. The second-order valence-corrected chi connectivity index (χ2v) is 3.79. The van der Waals surface area contributed by atoms with Crippen molar-refractivity contribution in [1.29, 1.82) is 0 Å². The first kappa shape index (κ1) is 12.4. The van der Waals surface area contributed by atoms with Gasteiger partial charge in [-0.1, -0.05) is 0 Å². The molecular weight excluding hydrogens is 196 g/mol. The van der Waals surface area contributed by atoms with Crippen molar-refractivity contribution < 1.29 is 14.3 Å². The van der Waals surface area contributed by atoms with Crippen LogP contribution >= 0.6 is 0 Å². The van der Waals surface area contributed by atoms with Crippen molar-refractivity contribution in [2.45, 2.75) is 25.0 Å². The fraction of sp³-hybridized carbons (Fsp3) is 0.900. The quantitative estimate of drug-likeness (QED) is 0.694. The van der Waals surface area contributed by atoms with Gasteiger partial charge in [0, 0.05) is 33.4 Å². The van der Waals surface area contributed by atoms with E-state index in [2.05, 4.69) is 0 Å². The zero-order valence-corrected chi connectivity index (χ0v) is 9.44. The van der Waals surface area contributed by atoms with Crippen molar-refractivity contribution in [3.63, 3.8) is 0 Å². The molecule has 0 aromatic carbocycles. The van der Waals surface area contributed by atoms with Crippen LogP contribution in [0, 0.1) is 0 Å². The van der Waals surface area contributed by atoms with Crippen LogP contribution in [0.15, 0.2) is 0 Å². The molecule has 5 nitrogen and oxygen atoms in total. The summed E-state index contributed by atoms with van der Waals surface area (Å²) in [6.45, 7) is 1.33. The molecule has 1 saturated heterocycles. The van der Waals surface area contributed by atoms with Gasteiger partial charge < -0.3 is 20.1 Å². The molecule has 0 saturated carbocycles. The van der Waals surface area contributed by atoms with Gasteiger partial charge in [0.05, 0.1) is 6.10 Å². The van der Waals surface area contributed by atoms with E-state index >= 15 is 0 Å². The van der Waals surface area contributed by atoms with E-state index in [0.717, 1.165) is 12.8 Å². The number of carbonyl (C=O) groups excluding carboxylic acids is 1. The van der Waals surface area contributed by atoms with Gasteiger partial charge in [0.2, 0.25) is 5.91 Å². The number of hydrogen-bond donors (Lipinski definition) is 1. The normalized spacial score (nSPS) is 26.7. The van der Waals surface area contributed by atoms with Crippen LogP contribution in [0.25, 0.3) is 0 Å². The first-order valence-electron chi connectivity index (χ1n) is 5.24. The molecule has 0 aromatic heterocycles. The maximum absolute atomic E-state index is 11.7. The number of nitrogens with two attached hydrogens (primary N) is 1. The first-order valence-corrected chi connectivity index (χ1v) is 5.24. The van der Waals surface area contributed by atoms with E-state index in [9.17, 15) is 4.79 Å². The highest BCUT2D eigenvalue weighted by molar-refractivity contribution is 5.77. The van der Waals surface area contributed by atoms with Gasteiger partial charge in [-0.2, -0.15) is 0 Å². The third-order valence-electron chi connectivity index (χ3n) is 2.86. The van der Waals surface area contributed by atoms with Crippen LogP contribution in [-0.2, 0) is 14.3 Å². The smallest absolute Gasteiger partial charge is 0.248 e. The third kappa shape index (κ3) is 3.15. The summed E-state index contributed by atoms with van der Waals surface area (Å²) < 4.78 is 10.1. The highest BCUT2D eigenvalue weighted by atomic mass is 16.5. The zero-order valence-electron chi connectivity index (χ0n) is 9.44. The van der Waals surface area contributed by atoms with E-state index < -0.39 is 0 Å². The summed E-state index contributed by atoms with van der Waals surface area (Å²) in [6, 6.07) is 0.0892. The van der Waals surface area contributed by atoms with Gasteiger partial charge >= 0.3 is 0 Å². The summed E-state index contributed by atoms with van der Waals surface area (Å²) in [7, 11) is 3.22. The molecule has 0 aliphatic carbocycles. The Morgan fingerprint density at radius 1 is 1.53 bits per heavy atom. The number of hydrogen-bond acceptors (Lipinski definition) is 4. The van der Waals surface area contributed by atoms with Crippen LogP contribution in [-0.4, -0.2) is 56.9 Å². The van der Waals surface area contributed by atoms with Gasteiger partial charge in [0.25, 0.3) is 0 Å². The van der Waals surface area contributed by atoms with E-state index in [1.807, 2.05) is 0 Å². The molecule has 5 heteroatoms. The third-order valence-corrected chi connectivity index (χ3v) is 2.86. The van der Waals surface area contributed by atoms with Crippen molar-refractivity contribution in [3.8, 4) is 0 Å². The number of piperidine rings is 1. The first-order chi connectivity index (χ1) is 7.22. The lowest BCUT2D eigenvalue weighted by molar-refractivity contribution is -0.140. The Balaban J connectivity index is 2.53. The average Bonchev–Trinajstić information content (AvgIpc) is 2.28. The number of ether oxygens (including phenoxy) is 2. The molecule has 1 aliphatic heterocycles. The van der Waals surface area contributed by atoms with E-state index in [-0.39, 0.29) is 24.7 Å². The molecule has 0 spiro atoms. The van der Waals surface area contributed by atoms with E-state index in [0.29, 0.717) is 13.1 Å². The van der Waals surface area contributed by atoms with E-state index in [1.165, 1.54) is 7.11 Å². The molecule has 2 unspecified atom stereocenters. The van der Waals surface area contributed by atoms with Crippen LogP contribution in [0.2, 0.25) is 0 Å². The molecule has 1 rings (SSSR count). The standard InChI is InChI=1S/C10H20N2O3/c1-14-7-10(13)12-4-3-9(15-2)5-8(12)6-11/h8-9H,3-7,11H2,1-2H3. The van der Waals surface area contributed by atoms with Crippen LogP contribution in [0.5, 0.6) is 0 Å². The lowest BCUT2D eigenvalue weighted by Crippen LogP contribution is -2.52. The van der Waals surface area contributed by atoms with Crippen LogP contribution in [0.3, 0.4) is 0 Å². The minimum absolute atomic E-state index is 0.0162. The van der Waals surface area contributed by atoms with Gasteiger partial charge in [-0.3, -0.25) is 4.79 Å². The number of rotatable bonds is 4. The van der Waals surface area contributed by atoms with Crippen molar-refractivity contribution in [2.24, 2.45) is 5.73 Å². The number of methoxy groups -OCH3 is 2. The van der Waals surface area contributed by atoms with Crippen LogP contribution in [0.4, 0.5) is 0 Å². The summed E-state index contributed by atoms with van der Waals surface area (Å²) >= 11 is 0. The number of likely N-dealkylation sites (tertiary alicyclic amines) is 1. The molecule has 1 aliphatic rings. The molecule has 15 heavy (non-hydrogen) atoms. The Labute approximate surface area is 90.5 Å². The Morgan fingerprint density at radius 2 is 2.27 bits per heavy atom. The van der Waals surface area contributed by atoms with E-state index in [1.54, 1.807) is 12.0 Å². The molecular formula is C10H20N2O3. The van der Waals surface area contributed by atoms with Gasteiger partial charge in [0.1, 0.15) is 6.61 Å². The predicted octanol–water partition coefficient (Wildman–Crippen LogP) is -0.402. The molecule has 1 fully saturated rings. The van der Waals surface area contributed by atoms with Crippen molar-refractivity contribution >= 4 is 5.91 Å². The highest BCUT2D eigenvalue weighted by Gasteiger charge is 2.30.